The van der Waals surface area contributed by atoms with Crippen LogP contribution in [-0.2, 0) is 0 Å². The van der Waals surface area contributed by atoms with E-state index in [0.717, 1.165) is 41.1 Å². The molecule has 6 heteroatoms. The summed E-state index contributed by atoms with van der Waals surface area (Å²) in [4.78, 5) is 11.6. The maximum Gasteiger partial charge on any atom is 0.161 e. The summed E-state index contributed by atoms with van der Waals surface area (Å²) in [5.74, 6) is 0.959. The lowest BCUT2D eigenvalue weighted by Gasteiger charge is -2.22. The third-order valence-corrected chi connectivity index (χ3v) is 6.49. The van der Waals surface area contributed by atoms with Crippen LogP contribution < -0.4 is 10.2 Å². The van der Waals surface area contributed by atoms with E-state index in [0.29, 0.717) is 0 Å². The fourth-order valence-electron chi connectivity index (χ4n) is 3.69. The third-order valence-electron chi connectivity index (χ3n) is 5.53. The van der Waals surface area contributed by atoms with Gasteiger partial charge in [-0.25, -0.2) is 4.98 Å². The van der Waals surface area contributed by atoms with Gasteiger partial charge in [0.05, 0.1) is 18.1 Å². The van der Waals surface area contributed by atoms with Crippen LogP contribution in [0, 0.1) is 13.8 Å². The summed E-state index contributed by atoms with van der Waals surface area (Å²) < 4.78 is 2.05. The molecule has 1 aromatic heterocycles. The largest absolute Gasteiger partial charge is 0.372 e. The zero-order valence-corrected chi connectivity index (χ0v) is 18.9. The van der Waals surface area contributed by atoms with Gasteiger partial charge in [-0.05, 0) is 63.1 Å². The van der Waals surface area contributed by atoms with Gasteiger partial charge in [-0.15, -0.1) is 0 Å². The third kappa shape index (κ3) is 4.38. The highest BCUT2D eigenvalue weighted by Crippen LogP contribution is 2.32. The number of amidine groups is 1. The molecule has 0 saturated heterocycles. The van der Waals surface area contributed by atoms with Gasteiger partial charge in [0.1, 0.15) is 0 Å². The number of aliphatic imine (C=N–C) groups is 1. The van der Waals surface area contributed by atoms with Gasteiger partial charge < -0.3 is 14.8 Å². The molecule has 2 heterocycles. The van der Waals surface area contributed by atoms with Crippen molar-refractivity contribution in [2.24, 2.45) is 4.99 Å². The number of nitrogens with one attached hydrogen (secondary N) is 1. The van der Waals surface area contributed by atoms with E-state index in [2.05, 4.69) is 78.4 Å². The molecule has 4 rings (SSSR count). The van der Waals surface area contributed by atoms with Crippen LogP contribution in [0.1, 0.15) is 36.7 Å². The van der Waals surface area contributed by atoms with Crippen LogP contribution >= 0.6 is 11.8 Å². The molecule has 156 valence electrons. The van der Waals surface area contributed by atoms with Crippen LogP contribution in [0.5, 0.6) is 0 Å². The summed E-state index contributed by atoms with van der Waals surface area (Å²) in [7, 11) is 0. The number of nitrogens with zero attached hydrogens (tertiary/aromatic N) is 4. The molecule has 1 aliphatic heterocycles. The lowest BCUT2D eigenvalue weighted by Crippen LogP contribution is -2.22. The molecule has 5 nitrogen and oxygen atoms in total. The first kappa shape index (κ1) is 20.5. The highest BCUT2D eigenvalue weighted by atomic mass is 32.2. The molecule has 1 unspecified atom stereocenters. The molecule has 0 spiro atoms. The van der Waals surface area contributed by atoms with Crippen molar-refractivity contribution in [3.8, 4) is 5.69 Å². The van der Waals surface area contributed by atoms with Gasteiger partial charge in [0.2, 0.25) is 0 Å². The van der Waals surface area contributed by atoms with Crippen molar-refractivity contribution in [1.29, 1.82) is 0 Å². The predicted molar refractivity (Wildman–Crippen MR) is 129 cm³/mol. The second-order valence-corrected chi connectivity index (χ2v) is 8.58. The second-order valence-electron chi connectivity index (χ2n) is 7.57. The molecule has 0 bridgehead atoms. The molecular formula is C24H29N5S. The van der Waals surface area contributed by atoms with Crippen LogP contribution in [0.4, 0.5) is 11.4 Å². The Morgan fingerprint density at radius 2 is 1.87 bits per heavy atom. The lowest BCUT2D eigenvalue weighted by molar-refractivity contribution is 0.848. The van der Waals surface area contributed by atoms with Gasteiger partial charge in [0.15, 0.2) is 5.17 Å². The molecule has 0 radical (unpaired) electrons. The highest BCUT2D eigenvalue weighted by Gasteiger charge is 2.21. The number of thioether (sulfide) groups is 1. The minimum absolute atomic E-state index is 0.183. The summed E-state index contributed by atoms with van der Waals surface area (Å²) >= 11 is 1.79. The van der Waals surface area contributed by atoms with E-state index >= 15 is 0 Å². The standard InChI is InChI=1S/C24H29N5S/c1-5-28(6-2)21-10-7-17(3)22(13-21)26-24-27-23(15-30-24)19-8-11-20(12-9-19)29-14-18(4)25-16-29/h7-14,16,23H,5-6,15H2,1-4H3,(H,26,27). The minimum Gasteiger partial charge on any atom is -0.372 e. The predicted octanol–water partition coefficient (Wildman–Crippen LogP) is 5.59. The smallest absolute Gasteiger partial charge is 0.161 e. The Bertz CT molecular complexity index is 1030. The number of anilines is 2. The van der Waals surface area contributed by atoms with Crippen molar-refractivity contribution in [2.75, 3.05) is 29.1 Å². The fraction of sp³-hybridized carbons (Fsp3) is 0.333. The zero-order valence-electron chi connectivity index (χ0n) is 18.1. The van der Waals surface area contributed by atoms with Crippen molar-refractivity contribution in [3.63, 3.8) is 0 Å². The van der Waals surface area contributed by atoms with Crippen LogP contribution in [0.25, 0.3) is 5.69 Å². The minimum atomic E-state index is 0.183. The zero-order chi connectivity index (χ0) is 21.1. The first-order chi connectivity index (χ1) is 14.6. The van der Waals surface area contributed by atoms with Gasteiger partial charge in [-0.1, -0.05) is 30.0 Å². The Kier molecular flexibility index (Phi) is 6.13. The van der Waals surface area contributed by atoms with Crippen molar-refractivity contribution < 1.29 is 0 Å². The van der Waals surface area contributed by atoms with Gasteiger partial charge in [0, 0.05) is 42.1 Å². The summed E-state index contributed by atoms with van der Waals surface area (Å²) in [6.45, 7) is 10.5. The van der Waals surface area contributed by atoms with E-state index < -0.39 is 0 Å². The Hall–Kier alpha value is -2.73. The van der Waals surface area contributed by atoms with E-state index in [1.807, 2.05) is 24.0 Å². The van der Waals surface area contributed by atoms with Crippen molar-refractivity contribution in [2.45, 2.75) is 33.7 Å². The van der Waals surface area contributed by atoms with Gasteiger partial charge in [-0.2, -0.15) is 0 Å². The maximum atomic E-state index is 4.95. The summed E-state index contributed by atoms with van der Waals surface area (Å²) in [5.41, 5.74) is 7.00. The van der Waals surface area contributed by atoms with Crippen LogP contribution in [0.2, 0.25) is 0 Å². The van der Waals surface area contributed by atoms with E-state index in [1.54, 1.807) is 11.8 Å². The van der Waals surface area contributed by atoms with Crippen molar-refractivity contribution in [1.82, 2.24) is 9.55 Å². The SMILES string of the molecule is CCN(CC)c1ccc(C)c(NC2=NC(c3ccc(-n4cnc(C)c4)cc3)CS2)c1. The molecule has 1 aliphatic rings. The Labute approximate surface area is 183 Å². The molecule has 0 amide bonds. The van der Waals surface area contributed by atoms with E-state index in [-0.39, 0.29) is 6.04 Å². The van der Waals surface area contributed by atoms with Crippen molar-refractivity contribution in [3.05, 3.63) is 71.8 Å². The monoisotopic (exact) mass is 419 g/mol. The first-order valence-electron chi connectivity index (χ1n) is 10.5. The molecule has 2 aromatic carbocycles. The normalized spacial score (nSPS) is 15.9. The van der Waals surface area contributed by atoms with E-state index in [1.165, 1.54) is 16.8 Å². The Morgan fingerprint density at radius 3 is 2.53 bits per heavy atom. The number of benzene rings is 2. The van der Waals surface area contributed by atoms with Gasteiger partial charge in [-0.3, -0.25) is 4.99 Å². The number of hydrogen-bond acceptors (Lipinski definition) is 5. The summed E-state index contributed by atoms with van der Waals surface area (Å²) in [6.07, 6.45) is 3.89. The number of hydrogen-bond donors (Lipinski definition) is 1. The summed E-state index contributed by atoms with van der Waals surface area (Å²) in [6, 6.07) is 15.4. The quantitative estimate of drug-likeness (QED) is 0.566. The average Bonchev–Trinajstić information content (AvgIpc) is 3.40. The van der Waals surface area contributed by atoms with Crippen LogP contribution in [0.3, 0.4) is 0 Å². The molecular weight excluding hydrogens is 390 g/mol. The van der Waals surface area contributed by atoms with E-state index in [9.17, 15) is 0 Å². The molecule has 3 aromatic rings. The topological polar surface area (TPSA) is 45.5 Å². The Morgan fingerprint density at radius 1 is 1.10 bits per heavy atom. The molecule has 0 saturated carbocycles. The molecule has 1 atom stereocenters. The van der Waals surface area contributed by atoms with Gasteiger partial charge >= 0.3 is 0 Å². The number of aryl methyl sites for hydroxylation is 2. The first-order valence-corrected chi connectivity index (χ1v) is 11.5. The number of imidazole rings is 1. The molecule has 30 heavy (non-hydrogen) atoms. The van der Waals surface area contributed by atoms with Gasteiger partial charge in [0.25, 0.3) is 0 Å². The van der Waals surface area contributed by atoms with E-state index in [4.69, 9.17) is 4.99 Å². The molecule has 1 N–H and O–H groups in total. The van der Waals surface area contributed by atoms with Crippen LogP contribution in [-0.4, -0.2) is 33.6 Å². The number of aromatic nitrogens is 2. The summed E-state index contributed by atoms with van der Waals surface area (Å²) in [5, 5.41) is 4.56. The van der Waals surface area contributed by atoms with Crippen LogP contribution in [0.15, 0.2) is 60.0 Å². The number of rotatable bonds is 6. The fourth-order valence-corrected chi connectivity index (χ4v) is 4.66. The maximum absolute atomic E-state index is 4.95. The second kappa shape index (κ2) is 8.96. The highest BCUT2D eigenvalue weighted by molar-refractivity contribution is 8.14. The average molecular weight is 420 g/mol. The Balaban J connectivity index is 1.48. The molecule has 0 fully saturated rings. The van der Waals surface area contributed by atoms with Crippen molar-refractivity contribution >= 4 is 28.3 Å². The molecule has 0 aliphatic carbocycles. The lowest BCUT2D eigenvalue weighted by atomic mass is 10.1.